The average molecular weight is 493 g/mol. The molecule has 0 amide bonds. The highest BCUT2D eigenvalue weighted by atomic mass is 32.1. The summed E-state index contributed by atoms with van der Waals surface area (Å²) >= 11 is 5.47. The number of hydrogen-bond acceptors (Lipinski definition) is 5. The van der Waals surface area contributed by atoms with Gasteiger partial charge in [-0.1, -0.05) is 57.2 Å². The van der Waals surface area contributed by atoms with Gasteiger partial charge in [-0.25, -0.2) is 0 Å². The third-order valence-corrected chi connectivity index (χ3v) is 5.87. The lowest BCUT2D eigenvalue weighted by Crippen LogP contribution is -2.28. The summed E-state index contributed by atoms with van der Waals surface area (Å²) in [5.74, 6) is 1.65. The molecule has 7 heteroatoms. The van der Waals surface area contributed by atoms with Gasteiger partial charge in [0.25, 0.3) is 0 Å². The lowest BCUT2D eigenvalue weighted by atomic mass is 9.86. The van der Waals surface area contributed by atoms with Crippen LogP contribution < -0.4 is 24.8 Å². The minimum atomic E-state index is -0.0388. The highest BCUT2D eigenvalue weighted by Gasteiger charge is 2.17. The molecule has 0 unspecified atom stereocenters. The fraction of sp³-hybridized carbons (Fsp3) is 0.286. The van der Waals surface area contributed by atoms with Crippen molar-refractivity contribution in [3.63, 3.8) is 0 Å². The molecule has 0 atom stereocenters. The predicted octanol–water partition coefficient (Wildman–Crippen LogP) is 5.73. The highest BCUT2D eigenvalue weighted by molar-refractivity contribution is 7.80. The smallest absolute Gasteiger partial charge is 0.203 e. The first-order chi connectivity index (χ1) is 16.7. The molecule has 35 heavy (non-hydrogen) atoms. The van der Waals surface area contributed by atoms with E-state index in [-0.39, 0.29) is 11.2 Å². The second-order valence-electron chi connectivity index (χ2n) is 9.04. The van der Waals surface area contributed by atoms with E-state index in [2.05, 4.69) is 31.4 Å². The van der Waals surface area contributed by atoms with E-state index in [9.17, 15) is 4.79 Å². The van der Waals surface area contributed by atoms with Crippen molar-refractivity contribution < 1.29 is 19.0 Å². The van der Waals surface area contributed by atoms with Crippen molar-refractivity contribution in [2.45, 2.75) is 32.7 Å². The molecule has 3 aromatic carbocycles. The topological polar surface area (TPSA) is 68.8 Å². The maximum Gasteiger partial charge on any atom is 0.203 e. The molecule has 0 fully saturated rings. The number of rotatable bonds is 8. The van der Waals surface area contributed by atoms with Crippen LogP contribution in [0, 0.1) is 0 Å². The maximum absolute atomic E-state index is 13.0. The fourth-order valence-electron chi connectivity index (χ4n) is 3.68. The van der Waals surface area contributed by atoms with Crippen LogP contribution in [0.1, 0.15) is 47.8 Å². The summed E-state index contributed by atoms with van der Waals surface area (Å²) in [5.41, 5.74) is 4.04. The van der Waals surface area contributed by atoms with Crippen molar-refractivity contribution in [1.82, 2.24) is 5.32 Å². The van der Waals surface area contributed by atoms with Crippen LogP contribution in [-0.2, 0) is 12.0 Å². The van der Waals surface area contributed by atoms with Gasteiger partial charge in [0.15, 0.2) is 22.4 Å². The van der Waals surface area contributed by atoms with Crippen molar-refractivity contribution in [3.8, 4) is 17.2 Å². The number of methoxy groups -OCH3 is 3. The summed E-state index contributed by atoms with van der Waals surface area (Å²) in [4.78, 5) is 13.0. The number of carbonyl (C=O) groups excluding carboxylic acids is 1. The molecule has 0 bridgehead atoms. The molecule has 0 aliphatic carbocycles. The van der Waals surface area contributed by atoms with Crippen molar-refractivity contribution >= 4 is 28.8 Å². The normalized spacial score (nSPS) is 10.9. The van der Waals surface area contributed by atoms with Crippen molar-refractivity contribution in [1.29, 1.82) is 0 Å². The lowest BCUT2D eigenvalue weighted by Gasteiger charge is -2.19. The third kappa shape index (κ3) is 6.31. The summed E-state index contributed by atoms with van der Waals surface area (Å²) in [6.45, 7) is 6.86. The van der Waals surface area contributed by atoms with E-state index in [4.69, 9.17) is 26.4 Å². The zero-order valence-electron chi connectivity index (χ0n) is 21.0. The van der Waals surface area contributed by atoms with Gasteiger partial charge in [0.1, 0.15) is 0 Å². The Balaban J connectivity index is 1.68. The van der Waals surface area contributed by atoms with Crippen molar-refractivity contribution in [2.75, 3.05) is 26.6 Å². The zero-order chi connectivity index (χ0) is 25.6. The number of hydrogen-bond donors (Lipinski definition) is 2. The minimum Gasteiger partial charge on any atom is -0.493 e. The van der Waals surface area contributed by atoms with Gasteiger partial charge in [-0.3, -0.25) is 4.79 Å². The molecule has 0 heterocycles. The summed E-state index contributed by atoms with van der Waals surface area (Å²) in [6.07, 6.45) is 0. The molecule has 0 saturated heterocycles. The molecule has 2 N–H and O–H groups in total. The van der Waals surface area contributed by atoms with Gasteiger partial charge in [0.2, 0.25) is 5.75 Å². The van der Waals surface area contributed by atoms with E-state index in [1.54, 1.807) is 33.5 Å². The van der Waals surface area contributed by atoms with Crippen LogP contribution in [0.4, 0.5) is 5.69 Å². The van der Waals surface area contributed by atoms with E-state index >= 15 is 0 Å². The second-order valence-corrected chi connectivity index (χ2v) is 9.45. The SMILES string of the molecule is COc1ccc(CNC(=S)Nc2cccc(C(=O)c3ccc(C(C)(C)C)cc3)c2)c(OC)c1OC. The molecule has 3 aromatic rings. The average Bonchev–Trinajstić information content (AvgIpc) is 2.85. The first-order valence-electron chi connectivity index (χ1n) is 11.3. The van der Waals surface area contributed by atoms with Crippen molar-refractivity contribution in [3.05, 3.63) is 82.9 Å². The Morgan fingerprint density at radius 3 is 2.14 bits per heavy atom. The minimum absolute atomic E-state index is 0.0368. The number of ether oxygens (including phenoxy) is 3. The Morgan fingerprint density at radius 1 is 0.857 bits per heavy atom. The Morgan fingerprint density at radius 2 is 1.54 bits per heavy atom. The second kappa shape index (κ2) is 11.2. The van der Waals surface area contributed by atoms with Crippen LogP contribution in [0.25, 0.3) is 0 Å². The fourth-order valence-corrected chi connectivity index (χ4v) is 3.87. The number of thiocarbonyl (C=S) groups is 1. The first-order valence-corrected chi connectivity index (χ1v) is 11.7. The molecule has 0 aliphatic heterocycles. The van der Waals surface area contributed by atoms with Crippen LogP contribution in [0.5, 0.6) is 17.2 Å². The molecule has 6 nitrogen and oxygen atoms in total. The van der Waals surface area contributed by atoms with E-state index < -0.39 is 0 Å². The molecule has 3 rings (SSSR count). The highest BCUT2D eigenvalue weighted by Crippen LogP contribution is 2.39. The van der Waals surface area contributed by atoms with Gasteiger partial charge in [-0.15, -0.1) is 0 Å². The van der Waals surface area contributed by atoms with Crippen LogP contribution in [0.15, 0.2) is 60.7 Å². The van der Waals surface area contributed by atoms with Crippen molar-refractivity contribution in [2.24, 2.45) is 0 Å². The number of ketones is 1. The van der Waals surface area contributed by atoms with Crippen LogP contribution >= 0.6 is 12.2 Å². The molecule has 184 valence electrons. The van der Waals surface area contributed by atoms with Crippen LogP contribution in [0.2, 0.25) is 0 Å². The van der Waals surface area contributed by atoms with Crippen LogP contribution in [0.3, 0.4) is 0 Å². The monoisotopic (exact) mass is 492 g/mol. The Hall–Kier alpha value is -3.58. The van der Waals surface area contributed by atoms with Gasteiger partial charge in [-0.2, -0.15) is 0 Å². The van der Waals surface area contributed by atoms with E-state index in [0.29, 0.717) is 40.0 Å². The zero-order valence-corrected chi connectivity index (χ0v) is 21.8. The van der Waals surface area contributed by atoms with E-state index in [1.165, 1.54) is 5.56 Å². The Labute approximate surface area is 212 Å². The number of benzene rings is 3. The summed E-state index contributed by atoms with van der Waals surface area (Å²) in [6, 6.07) is 18.8. The summed E-state index contributed by atoms with van der Waals surface area (Å²) < 4.78 is 16.3. The molecular formula is C28H32N2O4S. The van der Waals surface area contributed by atoms with E-state index in [0.717, 1.165) is 11.3 Å². The van der Waals surface area contributed by atoms with Gasteiger partial charge in [0, 0.05) is 28.9 Å². The Kier molecular flexibility index (Phi) is 8.35. The maximum atomic E-state index is 13.0. The Bertz CT molecular complexity index is 1200. The van der Waals surface area contributed by atoms with Gasteiger partial charge >= 0.3 is 0 Å². The standard InChI is InChI=1S/C28H32N2O4S/c1-28(2,3)21-13-10-18(11-14-21)24(31)19-8-7-9-22(16-19)30-27(35)29-17-20-12-15-23(32-4)26(34-6)25(20)33-5/h7-16H,17H2,1-6H3,(H2,29,30,35). The number of anilines is 1. The summed E-state index contributed by atoms with van der Waals surface area (Å²) in [7, 11) is 4.72. The third-order valence-electron chi connectivity index (χ3n) is 5.62. The molecular weight excluding hydrogens is 460 g/mol. The number of nitrogens with one attached hydrogen (secondary N) is 2. The number of carbonyl (C=O) groups is 1. The lowest BCUT2D eigenvalue weighted by molar-refractivity contribution is 0.103. The summed E-state index contributed by atoms with van der Waals surface area (Å²) in [5, 5.41) is 6.74. The quantitative estimate of drug-likeness (QED) is 0.308. The molecule has 0 saturated carbocycles. The van der Waals surface area contributed by atoms with Gasteiger partial charge in [-0.05, 0) is 47.5 Å². The first kappa shape index (κ1) is 26.0. The van der Waals surface area contributed by atoms with Gasteiger partial charge in [0.05, 0.1) is 21.3 Å². The molecule has 0 aliphatic rings. The van der Waals surface area contributed by atoms with Gasteiger partial charge < -0.3 is 24.8 Å². The molecule has 0 spiro atoms. The van der Waals surface area contributed by atoms with Crippen LogP contribution in [-0.4, -0.2) is 32.2 Å². The molecule has 0 radical (unpaired) electrons. The largest absolute Gasteiger partial charge is 0.493 e. The molecule has 0 aromatic heterocycles. The predicted molar refractivity (Wildman–Crippen MR) is 144 cm³/mol. The van der Waals surface area contributed by atoms with E-state index in [1.807, 2.05) is 48.5 Å².